The number of para-hydroxylation sites is 1. The van der Waals surface area contributed by atoms with Crippen LogP contribution in [-0.2, 0) is 0 Å². The lowest BCUT2D eigenvalue weighted by Crippen LogP contribution is -1.95. The van der Waals surface area contributed by atoms with Crippen LogP contribution < -0.4 is 4.74 Å². The summed E-state index contributed by atoms with van der Waals surface area (Å²) in [5, 5.41) is -0.846. The first-order valence-electron chi connectivity index (χ1n) is 4.89. The Morgan fingerprint density at radius 1 is 1.06 bits per heavy atom. The lowest BCUT2D eigenvalue weighted by Gasteiger charge is -2.06. The summed E-state index contributed by atoms with van der Waals surface area (Å²) in [6, 6.07) is 12.8. The van der Waals surface area contributed by atoms with E-state index in [2.05, 4.69) is 0 Å². The number of hydrogen-bond donors (Lipinski definition) is 0. The molecule has 0 heterocycles. The highest BCUT2D eigenvalue weighted by Crippen LogP contribution is 2.24. The molecule has 0 atom stereocenters. The van der Waals surface area contributed by atoms with E-state index in [9.17, 15) is 9.18 Å². The van der Waals surface area contributed by atoms with Crippen molar-refractivity contribution in [1.29, 1.82) is 0 Å². The summed E-state index contributed by atoms with van der Waals surface area (Å²) in [6.07, 6.45) is 0. The van der Waals surface area contributed by atoms with Crippen molar-refractivity contribution in [3.8, 4) is 11.5 Å². The molecule has 0 bridgehead atoms. The van der Waals surface area contributed by atoms with Crippen molar-refractivity contribution < 1.29 is 13.9 Å². The summed E-state index contributed by atoms with van der Waals surface area (Å²) in [4.78, 5) is 10.9. The zero-order valence-electron chi connectivity index (χ0n) is 8.69. The van der Waals surface area contributed by atoms with Gasteiger partial charge in [0, 0.05) is 0 Å². The molecule has 2 aromatic rings. The van der Waals surface area contributed by atoms with Crippen LogP contribution in [0.25, 0.3) is 0 Å². The molecule has 0 radical (unpaired) electrons. The van der Waals surface area contributed by atoms with E-state index >= 15 is 0 Å². The first-order chi connectivity index (χ1) is 8.16. The molecular formula is C13H8ClFO2. The molecule has 0 aliphatic carbocycles. The third-order valence-electron chi connectivity index (χ3n) is 2.13. The fraction of sp³-hybridized carbons (Fsp3) is 0. The summed E-state index contributed by atoms with van der Waals surface area (Å²) >= 11 is 5.25. The molecule has 0 unspecified atom stereocenters. The molecule has 0 saturated carbocycles. The maximum Gasteiger partial charge on any atom is 0.255 e. The largest absolute Gasteiger partial charge is 0.457 e. The zero-order valence-corrected chi connectivity index (χ0v) is 9.45. The van der Waals surface area contributed by atoms with Gasteiger partial charge in [-0.3, -0.25) is 4.79 Å². The van der Waals surface area contributed by atoms with Crippen molar-refractivity contribution in [2.24, 2.45) is 0 Å². The second-order valence-electron chi connectivity index (χ2n) is 3.33. The minimum atomic E-state index is -0.846. The Morgan fingerprint density at radius 3 is 2.41 bits per heavy atom. The molecule has 0 saturated heterocycles. The van der Waals surface area contributed by atoms with E-state index in [0.717, 1.165) is 6.07 Å². The number of halogens is 2. The maximum atomic E-state index is 13.2. The molecule has 0 aliphatic rings. The average molecular weight is 251 g/mol. The molecule has 17 heavy (non-hydrogen) atoms. The number of ether oxygens (including phenoxy) is 1. The second-order valence-corrected chi connectivity index (χ2v) is 3.67. The highest BCUT2D eigenvalue weighted by molar-refractivity contribution is 6.67. The highest BCUT2D eigenvalue weighted by Gasteiger charge is 2.10. The van der Waals surface area contributed by atoms with Crippen molar-refractivity contribution in [1.82, 2.24) is 0 Å². The van der Waals surface area contributed by atoms with Crippen molar-refractivity contribution in [2.75, 3.05) is 0 Å². The molecule has 4 heteroatoms. The third-order valence-corrected chi connectivity index (χ3v) is 2.33. The monoisotopic (exact) mass is 250 g/mol. The van der Waals surface area contributed by atoms with Gasteiger partial charge in [0.05, 0.1) is 5.56 Å². The molecule has 2 nitrogen and oxygen atoms in total. The smallest absolute Gasteiger partial charge is 0.255 e. The van der Waals surface area contributed by atoms with E-state index in [-0.39, 0.29) is 5.56 Å². The van der Waals surface area contributed by atoms with Gasteiger partial charge in [-0.2, -0.15) is 0 Å². The van der Waals surface area contributed by atoms with E-state index < -0.39 is 11.1 Å². The Kier molecular flexibility index (Phi) is 3.40. The van der Waals surface area contributed by atoms with Crippen LogP contribution in [0, 0.1) is 5.82 Å². The lowest BCUT2D eigenvalue weighted by atomic mass is 10.2. The van der Waals surface area contributed by atoms with Gasteiger partial charge >= 0.3 is 0 Å². The quantitative estimate of drug-likeness (QED) is 0.770. The zero-order chi connectivity index (χ0) is 12.3. The average Bonchev–Trinajstić information content (AvgIpc) is 2.32. The molecule has 2 rings (SSSR count). The molecule has 0 fully saturated rings. The fourth-order valence-electron chi connectivity index (χ4n) is 1.34. The normalized spacial score (nSPS) is 10.0. The van der Waals surface area contributed by atoms with Gasteiger partial charge in [-0.05, 0) is 41.9 Å². The molecule has 0 N–H and O–H groups in total. The Hall–Kier alpha value is -1.87. The van der Waals surface area contributed by atoms with Crippen molar-refractivity contribution >= 4 is 16.8 Å². The van der Waals surface area contributed by atoms with Crippen LogP contribution in [0.15, 0.2) is 48.5 Å². The Labute approximate surface area is 103 Å². The van der Waals surface area contributed by atoms with E-state index in [1.807, 2.05) is 18.2 Å². The van der Waals surface area contributed by atoms with Crippen LogP contribution in [-0.4, -0.2) is 5.24 Å². The van der Waals surface area contributed by atoms with Crippen LogP contribution >= 0.6 is 11.6 Å². The predicted octanol–water partition coefficient (Wildman–Crippen LogP) is 4.00. The summed E-state index contributed by atoms with van der Waals surface area (Å²) in [5.41, 5.74) is -0.194. The summed E-state index contributed by atoms with van der Waals surface area (Å²) in [7, 11) is 0. The number of carbonyl (C=O) groups excluding carboxylic acids is 1. The number of benzene rings is 2. The molecule has 0 spiro atoms. The van der Waals surface area contributed by atoms with Gasteiger partial charge in [0.25, 0.3) is 5.24 Å². The predicted molar refractivity (Wildman–Crippen MR) is 63.1 cm³/mol. The van der Waals surface area contributed by atoms with Gasteiger partial charge in [-0.1, -0.05) is 18.2 Å². The molecular weight excluding hydrogens is 243 g/mol. The number of hydrogen-bond acceptors (Lipinski definition) is 2. The van der Waals surface area contributed by atoms with E-state index in [1.54, 1.807) is 12.1 Å². The first kappa shape index (κ1) is 11.6. The molecule has 2 aromatic carbocycles. The molecule has 0 aromatic heterocycles. The number of rotatable bonds is 3. The number of carbonyl (C=O) groups is 1. The van der Waals surface area contributed by atoms with Gasteiger partial charge in [-0.25, -0.2) is 4.39 Å². The van der Waals surface area contributed by atoms with Crippen LogP contribution in [0.3, 0.4) is 0 Å². The Morgan fingerprint density at radius 2 is 1.76 bits per heavy atom. The Bertz CT molecular complexity index is 540. The van der Waals surface area contributed by atoms with Gasteiger partial charge < -0.3 is 4.74 Å². The maximum absolute atomic E-state index is 13.2. The molecule has 0 aliphatic heterocycles. The van der Waals surface area contributed by atoms with Gasteiger partial charge in [0.1, 0.15) is 17.3 Å². The van der Waals surface area contributed by atoms with E-state index in [4.69, 9.17) is 16.3 Å². The summed E-state index contributed by atoms with van der Waals surface area (Å²) < 4.78 is 18.6. The Balaban J connectivity index is 2.29. The van der Waals surface area contributed by atoms with Crippen molar-refractivity contribution in [2.45, 2.75) is 0 Å². The minimum absolute atomic E-state index is 0.194. The second kappa shape index (κ2) is 4.97. The van der Waals surface area contributed by atoms with Gasteiger partial charge in [0.2, 0.25) is 0 Å². The lowest BCUT2D eigenvalue weighted by molar-refractivity contribution is 0.107. The summed E-state index contributed by atoms with van der Waals surface area (Å²) in [5.74, 6) is 0.305. The van der Waals surface area contributed by atoms with E-state index in [1.165, 1.54) is 12.1 Å². The van der Waals surface area contributed by atoms with Crippen LogP contribution in [0.2, 0.25) is 0 Å². The highest BCUT2D eigenvalue weighted by atomic mass is 35.5. The van der Waals surface area contributed by atoms with Gasteiger partial charge in [-0.15, -0.1) is 0 Å². The topological polar surface area (TPSA) is 26.3 Å². The fourth-order valence-corrected chi connectivity index (χ4v) is 1.49. The van der Waals surface area contributed by atoms with Crippen LogP contribution in [0.4, 0.5) is 4.39 Å². The van der Waals surface area contributed by atoms with Crippen molar-refractivity contribution in [3.05, 3.63) is 59.9 Å². The SMILES string of the molecule is O=C(Cl)c1cc(Oc2ccccc2)ccc1F. The standard InChI is InChI=1S/C13H8ClFO2/c14-13(16)11-8-10(6-7-12(11)15)17-9-4-2-1-3-5-9/h1-8H. The van der Waals surface area contributed by atoms with Crippen LogP contribution in [0.5, 0.6) is 11.5 Å². The van der Waals surface area contributed by atoms with Crippen molar-refractivity contribution in [3.63, 3.8) is 0 Å². The van der Waals surface area contributed by atoms with Crippen LogP contribution in [0.1, 0.15) is 10.4 Å². The minimum Gasteiger partial charge on any atom is -0.457 e. The summed E-state index contributed by atoms with van der Waals surface area (Å²) in [6.45, 7) is 0. The molecule has 0 amide bonds. The van der Waals surface area contributed by atoms with Gasteiger partial charge in [0.15, 0.2) is 0 Å². The third kappa shape index (κ3) is 2.82. The van der Waals surface area contributed by atoms with E-state index in [0.29, 0.717) is 11.5 Å². The first-order valence-corrected chi connectivity index (χ1v) is 5.27. The molecule has 86 valence electrons.